The molecule has 1 saturated heterocycles. The van der Waals surface area contributed by atoms with E-state index in [-0.39, 0.29) is 0 Å². The van der Waals surface area contributed by atoms with E-state index in [1.54, 1.807) is 0 Å². The zero-order valence-electron chi connectivity index (χ0n) is 10.7. The van der Waals surface area contributed by atoms with Gasteiger partial charge in [-0.3, -0.25) is 5.21 Å². The van der Waals surface area contributed by atoms with Crippen LogP contribution < -0.4 is 10.5 Å². The van der Waals surface area contributed by atoms with Crippen molar-refractivity contribution in [1.82, 2.24) is 5.01 Å². The maximum atomic E-state index is 10.2. The Labute approximate surface area is 117 Å². The fourth-order valence-corrected chi connectivity index (χ4v) is 1.92. The van der Waals surface area contributed by atoms with Gasteiger partial charge in [-0.15, -0.1) is 11.6 Å². The van der Waals surface area contributed by atoms with E-state index in [2.05, 4.69) is 11.9 Å². The van der Waals surface area contributed by atoms with Crippen molar-refractivity contribution in [3.63, 3.8) is 0 Å². The lowest BCUT2D eigenvalue weighted by molar-refractivity contribution is -0.0228. The number of hydrazine groups is 1. The number of hydrogen-bond acceptors (Lipinski definition) is 5. The summed E-state index contributed by atoms with van der Waals surface area (Å²) in [5, 5.41) is 16.3. The average Bonchev–Trinajstić information content (AvgIpc) is 2.47. The molecule has 1 aromatic rings. The third-order valence-corrected chi connectivity index (χ3v) is 3.14. The molecule has 5 nitrogen and oxygen atoms in total. The normalized spacial score (nSPS) is 16.1. The lowest BCUT2D eigenvalue weighted by atomic mass is 10.2. The number of rotatable bonds is 5. The molecule has 0 bridgehead atoms. The van der Waals surface area contributed by atoms with Crippen LogP contribution in [0.4, 0.5) is 11.4 Å². The molecule has 0 radical (unpaired) electrons. The Morgan fingerprint density at radius 3 is 2.89 bits per heavy atom. The van der Waals surface area contributed by atoms with E-state index in [9.17, 15) is 5.21 Å². The number of nitrogens with one attached hydrogen (secondary N) is 1. The number of halogens is 1. The van der Waals surface area contributed by atoms with Gasteiger partial charge in [0, 0.05) is 24.5 Å². The van der Waals surface area contributed by atoms with Gasteiger partial charge in [0.05, 0.1) is 24.8 Å². The third-order valence-electron chi connectivity index (χ3n) is 2.81. The summed E-state index contributed by atoms with van der Waals surface area (Å²) in [6.07, 6.45) is 0. The number of alkyl halides is 1. The van der Waals surface area contributed by atoms with Crippen molar-refractivity contribution in [1.29, 1.82) is 0 Å². The largest absolute Gasteiger partial charge is 0.379 e. The summed E-state index contributed by atoms with van der Waals surface area (Å²) in [4.78, 5) is 0. The summed E-state index contributed by atoms with van der Waals surface area (Å²) in [5.74, 6) is 0.344. The van der Waals surface area contributed by atoms with Crippen molar-refractivity contribution in [2.24, 2.45) is 0 Å². The van der Waals surface area contributed by atoms with Crippen molar-refractivity contribution >= 4 is 23.0 Å². The Morgan fingerprint density at radius 2 is 2.21 bits per heavy atom. The molecule has 1 aliphatic rings. The van der Waals surface area contributed by atoms with Gasteiger partial charge in [-0.2, -0.15) is 10.2 Å². The van der Waals surface area contributed by atoms with E-state index in [0.717, 1.165) is 16.6 Å². The highest BCUT2D eigenvalue weighted by Crippen LogP contribution is 2.21. The molecule has 104 valence electrons. The molecule has 0 saturated carbocycles. The van der Waals surface area contributed by atoms with Gasteiger partial charge in [0.2, 0.25) is 0 Å². The van der Waals surface area contributed by atoms with Crippen LogP contribution in [-0.4, -0.2) is 42.4 Å². The number of nitrogens with zero attached hydrogens (tertiary/aromatic N) is 2. The summed E-state index contributed by atoms with van der Waals surface area (Å²) >= 11 is 5.68. The predicted octanol–water partition coefficient (Wildman–Crippen LogP) is 2.29. The average molecular weight is 284 g/mol. The number of ether oxygens (including phenoxy) is 1. The molecule has 0 aromatic heterocycles. The zero-order chi connectivity index (χ0) is 13.7. The van der Waals surface area contributed by atoms with Gasteiger partial charge in [-0.25, -0.2) is 0 Å². The second-order valence-corrected chi connectivity index (χ2v) is 4.54. The van der Waals surface area contributed by atoms with Crippen LogP contribution in [0.2, 0.25) is 0 Å². The minimum atomic E-state index is 0.344. The third kappa shape index (κ3) is 3.84. The van der Waals surface area contributed by atoms with E-state index in [1.165, 1.54) is 0 Å². The molecule has 2 rings (SSSR count). The molecule has 0 aliphatic carbocycles. The highest BCUT2D eigenvalue weighted by atomic mass is 35.5. The first-order valence-electron chi connectivity index (χ1n) is 6.13. The summed E-state index contributed by atoms with van der Waals surface area (Å²) in [6, 6.07) is 7.44. The van der Waals surface area contributed by atoms with Crippen LogP contribution in [0.1, 0.15) is 0 Å². The van der Waals surface area contributed by atoms with Crippen LogP contribution in [0.15, 0.2) is 36.5 Å². The first kappa shape index (κ1) is 14.1. The fraction of sp³-hybridized carbons (Fsp3) is 0.385. The number of allylic oxidation sites excluding steroid dienone is 1. The maximum absolute atomic E-state index is 10.2. The summed E-state index contributed by atoms with van der Waals surface area (Å²) in [7, 11) is 0. The van der Waals surface area contributed by atoms with Crippen molar-refractivity contribution in [3.8, 4) is 0 Å². The monoisotopic (exact) mass is 283 g/mol. The van der Waals surface area contributed by atoms with E-state index < -0.39 is 0 Å². The topological polar surface area (TPSA) is 48.0 Å². The van der Waals surface area contributed by atoms with Gasteiger partial charge < -0.3 is 10.1 Å². The van der Waals surface area contributed by atoms with Gasteiger partial charge in [-0.1, -0.05) is 12.6 Å². The molecule has 0 amide bonds. The molecule has 1 aliphatic heterocycles. The van der Waals surface area contributed by atoms with Crippen molar-refractivity contribution in [3.05, 3.63) is 36.5 Å². The smallest absolute Gasteiger partial charge is 0.0843 e. The van der Waals surface area contributed by atoms with Crippen LogP contribution in [-0.2, 0) is 4.74 Å². The van der Waals surface area contributed by atoms with Gasteiger partial charge in [0.1, 0.15) is 0 Å². The molecule has 1 aromatic carbocycles. The van der Waals surface area contributed by atoms with E-state index in [1.807, 2.05) is 29.3 Å². The van der Waals surface area contributed by atoms with E-state index in [4.69, 9.17) is 16.3 Å². The van der Waals surface area contributed by atoms with Crippen LogP contribution in [0.3, 0.4) is 0 Å². The van der Waals surface area contributed by atoms with Gasteiger partial charge in [0.25, 0.3) is 0 Å². The highest BCUT2D eigenvalue weighted by molar-refractivity contribution is 6.19. The van der Waals surface area contributed by atoms with Crippen molar-refractivity contribution in [2.75, 3.05) is 42.7 Å². The lowest BCUT2D eigenvalue weighted by Gasteiger charge is -2.33. The molecule has 6 heteroatoms. The first-order valence-corrected chi connectivity index (χ1v) is 6.66. The van der Waals surface area contributed by atoms with E-state index >= 15 is 0 Å². The standard InChI is InChI=1S/C13H18ClN3O2/c1-11(10-14)15-12-3-2-4-13(9-12)17(18)16-5-7-19-8-6-16/h2-4,9,15,18H,1,5-8,10H2. The van der Waals surface area contributed by atoms with Crippen LogP contribution >= 0.6 is 11.6 Å². The Kier molecular flexibility index (Phi) is 5.04. The minimum Gasteiger partial charge on any atom is -0.379 e. The lowest BCUT2D eigenvalue weighted by Crippen LogP contribution is -2.47. The molecular formula is C13H18ClN3O2. The highest BCUT2D eigenvalue weighted by Gasteiger charge is 2.17. The van der Waals surface area contributed by atoms with E-state index in [0.29, 0.717) is 37.9 Å². The number of benzene rings is 1. The molecule has 0 spiro atoms. The maximum Gasteiger partial charge on any atom is 0.0843 e. The first-order chi connectivity index (χ1) is 9.20. The second kappa shape index (κ2) is 6.77. The molecule has 19 heavy (non-hydrogen) atoms. The van der Waals surface area contributed by atoms with Gasteiger partial charge in [-0.05, 0) is 18.2 Å². The van der Waals surface area contributed by atoms with Crippen molar-refractivity contribution in [2.45, 2.75) is 0 Å². The van der Waals surface area contributed by atoms with Gasteiger partial charge >= 0.3 is 0 Å². The summed E-state index contributed by atoms with van der Waals surface area (Å²) < 4.78 is 5.26. The molecular weight excluding hydrogens is 266 g/mol. The quantitative estimate of drug-likeness (QED) is 0.641. The molecule has 0 unspecified atom stereocenters. The molecule has 1 heterocycles. The Morgan fingerprint density at radius 1 is 1.47 bits per heavy atom. The Balaban J connectivity index is 2.06. The van der Waals surface area contributed by atoms with Gasteiger partial charge in [0.15, 0.2) is 0 Å². The van der Waals surface area contributed by atoms with Crippen LogP contribution in [0, 0.1) is 0 Å². The molecule has 1 fully saturated rings. The Hall–Kier alpha value is -1.27. The molecule has 2 N–H and O–H groups in total. The van der Waals surface area contributed by atoms with Crippen LogP contribution in [0.25, 0.3) is 0 Å². The Bertz CT molecular complexity index is 436. The number of hydrogen-bond donors (Lipinski definition) is 2. The fourth-order valence-electron chi connectivity index (χ4n) is 1.85. The molecule has 0 atom stereocenters. The number of anilines is 2. The number of morpholine rings is 1. The van der Waals surface area contributed by atoms with Crippen LogP contribution in [0.5, 0.6) is 0 Å². The summed E-state index contributed by atoms with van der Waals surface area (Å²) in [5.41, 5.74) is 2.25. The van der Waals surface area contributed by atoms with Crippen molar-refractivity contribution < 1.29 is 9.94 Å². The zero-order valence-corrected chi connectivity index (χ0v) is 11.4. The SMILES string of the molecule is C=C(CCl)Nc1cccc(N(O)N2CCOCC2)c1. The minimum absolute atomic E-state index is 0.344. The predicted molar refractivity (Wildman–Crippen MR) is 76.6 cm³/mol. The summed E-state index contributed by atoms with van der Waals surface area (Å²) in [6.45, 7) is 6.37. The second-order valence-electron chi connectivity index (χ2n) is 4.27.